The predicted octanol–water partition coefficient (Wildman–Crippen LogP) is 2.76. The third-order valence-electron chi connectivity index (χ3n) is 3.25. The summed E-state index contributed by atoms with van der Waals surface area (Å²) in [7, 11) is 0. The van der Waals surface area contributed by atoms with Crippen LogP contribution in [0.3, 0.4) is 0 Å². The second kappa shape index (κ2) is 10.2. The normalized spacial score (nSPS) is 13.2. The van der Waals surface area contributed by atoms with Gasteiger partial charge in [-0.15, -0.1) is 0 Å². The minimum Gasteiger partial charge on any atom is -0.461 e. The molecule has 0 aromatic heterocycles. The van der Waals surface area contributed by atoms with Crippen LogP contribution in [0.2, 0.25) is 0 Å². The molecule has 0 aliphatic rings. The van der Waals surface area contributed by atoms with Gasteiger partial charge in [0.2, 0.25) is 0 Å². The van der Waals surface area contributed by atoms with E-state index in [0.29, 0.717) is 10.2 Å². The fraction of sp³-hybridized carbons (Fsp3) is 0.500. The van der Waals surface area contributed by atoms with E-state index in [0.717, 1.165) is 0 Å². The van der Waals surface area contributed by atoms with Gasteiger partial charge in [0.1, 0.15) is 6.04 Å². The SMILES string of the molecule is CC(C)OC(=O)[C@H](F)C[C@H](NC(=O)c1ccc(N)c(Br)c1)C(=O)OC(C)C. The Morgan fingerprint density at radius 1 is 1.11 bits per heavy atom. The van der Waals surface area contributed by atoms with Crippen molar-refractivity contribution < 1.29 is 28.2 Å². The molecule has 3 N–H and O–H groups in total. The number of benzene rings is 1. The highest BCUT2D eigenvalue weighted by atomic mass is 79.9. The maximum Gasteiger partial charge on any atom is 0.341 e. The summed E-state index contributed by atoms with van der Waals surface area (Å²) < 4.78 is 24.6. The van der Waals surface area contributed by atoms with Crippen molar-refractivity contribution in [1.29, 1.82) is 0 Å². The van der Waals surface area contributed by atoms with Gasteiger partial charge in [0.25, 0.3) is 5.91 Å². The van der Waals surface area contributed by atoms with E-state index in [1.807, 2.05) is 0 Å². The second-order valence-electron chi connectivity index (χ2n) is 6.44. The average Bonchev–Trinajstić information content (AvgIpc) is 2.55. The summed E-state index contributed by atoms with van der Waals surface area (Å²) in [6.07, 6.45) is -3.66. The molecule has 7 nitrogen and oxygen atoms in total. The van der Waals surface area contributed by atoms with Gasteiger partial charge >= 0.3 is 11.9 Å². The van der Waals surface area contributed by atoms with Gasteiger partial charge in [-0.25, -0.2) is 14.0 Å². The van der Waals surface area contributed by atoms with Crippen molar-refractivity contribution in [2.24, 2.45) is 0 Å². The number of nitrogens with one attached hydrogen (secondary N) is 1. The predicted molar refractivity (Wildman–Crippen MR) is 102 cm³/mol. The molecular weight excluding hydrogens is 423 g/mol. The van der Waals surface area contributed by atoms with Crippen LogP contribution in [0.4, 0.5) is 10.1 Å². The molecular formula is C18H24BrFN2O5. The minimum atomic E-state index is -2.09. The second-order valence-corrected chi connectivity index (χ2v) is 7.29. The first-order chi connectivity index (χ1) is 12.5. The molecule has 0 fully saturated rings. The molecule has 150 valence electrons. The molecule has 2 atom stereocenters. The zero-order chi connectivity index (χ0) is 20.7. The Morgan fingerprint density at radius 2 is 1.67 bits per heavy atom. The summed E-state index contributed by atoms with van der Waals surface area (Å²) in [6.45, 7) is 6.40. The molecule has 1 rings (SSSR count). The summed E-state index contributed by atoms with van der Waals surface area (Å²) in [4.78, 5) is 36.3. The number of carbonyl (C=O) groups is 3. The molecule has 0 spiro atoms. The molecule has 0 saturated carbocycles. The van der Waals surface area contributed by atoms with E-state index in [4.69, 9.17) is 15.2 Å². The van der Waals surface area contributed by atoms with E-state index < -0.39 is 48.7 Å². The van der Waals surface area contributed by atoms with Gasteiger partial charge in [0, 0.05) is 22.1 Å². The number of hydrogen-bond donors (Lipinski definition) is 2. The first-order valence-corrected chi connectivity index (χ1v) is 9.21. The van der Waals surface area contributed by atoms with Gasteiger partial charge in [-0.3, -0.25) is 4.79 Å². The van der Waals surface area contributed by atoms with Crippen molar-refractivity contribution in [1.82, 2.24) is 5.32 Å². The summed E-state index contributed by atoms with van der Waals surface area (Å²) in [6, 6.07) is 3.08. The summed E-state index contributed by atoms with van der Waals surface area (Å²) >= 11 is 3.21. The lowest BCUT2D eigenvalue weighted by atomic mass is 10.1. The quantitative estimate of drug-likeness (QED) is 0.469. The Kier molecular flexibility index (Phi) is 8.68. The molecule has 0 radical (unpaired) electrons. The monoisotopic (exact) mass is 446 g/mol. The molecule has 0 aliphatic heterocycles. The van der Waals surface area contributed by atoms with E-state index in [1.165, 1.54) is 18.2 Å². The molecule has 27 heavy (non-hydrogen) atoms. The lowest BCUT2D eigenvalue weighted by Crippen LogP contribution is -2.45. The van der Waals surface area contributed by atoms with Crippen LogP contribution in [-0.2, 0) is 19.1 Å². The number of hydrogen-bond acceptors (Lipinski definition) is 6. The van der Waals surface area contributed by atoms with E-state index >= 15 is 0 Å². The molecule has 1 aromatic rings. The van der Waals surface area contributed by atoms with Gasteiger partial charge in [-0.1, -0.05) is 0 Å². The highest BCUT2D eigenvalue weighted by Gasteiger charge is 2.31. The third-order valence-corrected chi connectivity index (χ3v) is 3.94. The van der Waals surface area contributed by atoms with E-state index in [2.05, 4.69) is 21.2 Å². The van der Waals surface area contributed by atoms with Crippen molar-refractivity contribution in [2.75, 3.05) is 5.73 Å². The van der Waals surface area contributed by atoms with Crippen LogP contribution in [0.1, 0.15) is 44.5 Å². The standard InChI is InChI=1S/C18H24BrFN2O5/c1-9(2)26-17(24)13(20)8-15(18(25)27-10(3)4)22-16(23)11-5-6-14(21)12(19)7-11/h5-7,9-10,13,15H,8,21H2,1-4H3,(H,22,23)/t13-,15+/m1/s1. The molecule has 0 bridgehead atoms. The van der Waals surface area contributed by atoms with Crippen LogP contribution >= 0.6 is 15.9 Å². The molecule has 1 aromatic carbocycles. The van der Waals surface area contributed by atoms with E-state index in [9.17, 15) is 18.8 Å². The first kappa shape index (κ1) is 22.9. The number of esters is 2. The van der Waals surface area contributed by atoms with Gasteiger partial charge in [-0.05, 0) is 61.8 Å². The molecule has 1 amide bonds. The Labute approximate surface area is 165 Å². The van der Waals surface area contributed by atoms with Gasteiger partial charge < -0.3 is 20.5 Å². The van der Waals surface area contributed by atoms with Crippen molar-refractivity contribution in [2.45, 2.75) is 58.5 Å². The molecule has 0 unspecified atom stereocenters. The Hall–Kier alpha value is -2.16. The number of amides is 1. The topological polar surface area (TPSA) is 108 Å². The minimum absolute atomic E-state index is 0.207. The Morgan fingerprint density at radius 3 is 2.19 bits per heavy atom. The maximum atomic E-state index is 14.2. The number of nitrogens with two attached hydrogens (primary N) is 1. The van der Waals surface area contributed by atoms with Gasteiger partial charge in [0.15, 0.2) is 6.17 Å². The van der Waals surface area contributed by atoms with Crippen LogP contribution < -0.4 is 11.1 Å². The summed E-state index contributed by atoms with van der Waals surface area (Å²) in [5.41, 5.74) is 6.32. The summed E-state index contributed by atoms with van der Waals surface area (Å²) in [5, 5.41) is 2.40. The van der Waals surface area contributed by atoms with Crippen LogP contribution in [0.25, 0.3) is 0 Å². The van der Waals surface area contributed by atoms with Crippen LogP contribution in [0, 0.1) is 0 Å². The zero-order valence-electron chi connectivity index (χ0n) is 15.6. The van der Waals surface area contributed by atoms with Crippen LogP contribution in [0.15, 0.2) is 22.7 Å². The molecule has 0 heterocycles. The number of alkyl halides is 1. The summed E-state index contributed by atoms with van der Waals surface area (Å²) in [5.74, 6) is -2.57. The highest BCUT2D eigenvalue weighted by Crippen LogP contribution is 2.20. The van der Waals surface area contributed by atoms with Crippen molar-refractivity contribution in [3.05, 3.63) is 28.2 Å². The number of ether oxygens (including phenoxy) is 2. The number of carbonyl (C=O) groups excluding carboxylic acids is 3. The lowest BCUT2D eigenvalue weighted by Gasteiger charge is -2.21. The van der Waals surface area contributed by atoms with Crippen molar-refractivity contribution >= 4 is 39.5 Å². The van der Waals surface area contributed by atoms with Crippen LogP contribution in [0.5, 0.6) is 0 Å². The van der Waals surface area contributed by atoms with Crippen molar-refractivity contribution in [3.63, 3.8) is 0 Å². The Bertz CT molecular complexity index is 696. The Balaban J connectivity index is 2.93. The molecule has 0 aliphatic carbocycles. The first-order valence-electron chi connectivity index (χ1n) is 8.42. The fourth-order valence-corrected chi connectivity index (χ4v) is 2.43. The third kappa shape index (κ3) is 7.54. The smallest absolute Gasteiger partial charge is 0.341 e. The van der Waals surface area contributed by atoms with Crippen LogP contribution in [-0.4, -0.2) is 42.3 Å². The maximum absolute atomic E-state index is 14.2. The number of halogens is 2. The fourth-order valence-electron chi connectivity index (χ4n) is 2.05. The number of anilines is 1. The molecule has 9 heteroatoms. The van der Waals surface area contributed by atoms with Crippen molar-refractivity contribution in [3.8, 4) is 0 Å². The van der Waals surface area contributed by atoms with E-state index in [-0.39, 0.29) is 5.56 Å². The zero-order valence-corrected chi connectivity index (χ0v) is 17.2. The average molecular weight is 447 g/mol. The van der Waals surface area contributed by atoms with E-state index in [1.54, 1.807) is 27.7 Å². The lowest BCUT2D eigenvalue weighted by molar-refractivity contribution is -0.155. The largest absolute Gasteiger partial charge is 0.461 e. The van der Waals surface area contributed by atoms with Gasteiger partial charge in [0.05, 0.1) is 12.2 Å². The highest BCUT2D eigenvalue weighted by molar-refractivity contribution is 9.10. The molecule has 0 saturated heterocycles. The number of nitrogen functional groups attached to an aromatic ring is 1. The number of rotatable bonds is 8. The van der Waals surface area contributed by atoms with Gasteiger partial charge in [-0.2, -0.15) is 0 Å².